The summed E-state index contributed by atoms with van der Waals surface area (Å²) in [7, 11) is 1.56. The first kappa shape index (κ1) is 35.2. The molecule has 0 radical (unpaired) electrons. The summed E-state index contributed by atoms with van der Waals surface area (Å²) in [6.07, 6.45) is -0.815. The highest BCUT2D eigenvalue weighted by atomic mass is 32.2. The summed E-state index contributed by atoms with van der Waals surface area (Å²) >= 11 is 1.33. The van der Waals surface area contributed by atoms with Crippen LogP contribution in [-0.2, 0) is 19.2 Å². The van der Waals surface area contributed by atoms with Crippen LogP contribution in [0.5, 0.6) is 11.5 Å². The highest BCUT2D eigenvalue weighted by Crippen LogP contribution is 2.46. The standard InChI is InChI=1S/C34H38FN3O8S/c1-34(2,3)31(33(43)44)37-27(40)17-36-28(41)18-46-25-15-7-21(8-16-25)29-30(32(42)38(29)23-11-9-22(35)10-12-23)47-19-26(39)20-5-13-24(45-4)14-6-20/h5-16,26,29-31,39H,17-19H2,1-4H3,(H,36,41)(H,37,40)(H,43,44)/t26?,29-,30-,31+/m1/s1. The Hall–Kier alpha value is -4.62. The van der Waals surface area contributed by atoms with E-state index in [9.17, 15) is 33.8 Å². The molecule has 0 bridgehead atoms. The van der Waals surface area contributed by atoms with Crippen molar-refractivity contribution in [3.05, 3.63) is 89.7 Å². The van der Waals surface area contributed by atoms with E-state index < -0.39 is 59.0 Å². The van der Waals surface area contributed by atoms with Crippen LogP contribution in [0.1, 0.15) is 44.0 Å². The lowest BCUT2D eigenvalue weighted by Gasteiger charge is -2.47. The third-order valence-electron chi connectivity index (χ3n) is 7.54. The maximum Gasteiger partial charge on any atom is 0.326 e. The molecule has 0 saturated carbocycles. The van der Waals surface area contributed by atoms with Gasteiger partial charge in [-0.3, -0.25) is 14.4 Å². The fraction of sp³-hybridized carbons (Fsp3) is 0.353. The molecule has 1 unspecified atom stereocenters. The van der Waals surface area contributed by atoms with Crippen molar-refractivity contribution >= 4 is 41.1 Å². The number of anilines is 1. The predicted molar refractivity (Wildman–Crippen MR) is 175 cm³/mol. The molecule has 0 spiro atoms. The summed E-state index contributed by atoms with van der Waals surface area (Å²) in [5.74, 6) is -1.70. The minimum absolute atomic E-state index is 0.174. The Kier molecular flexibility index (Phi) is 11.5. The number of carboxylic acid groups (broad SMARTS) is 1. The zero-order valence-electron chi connectivity index (χ0n) is 26.4. The van der Waals surface area contributed by atoms with E-state index in [-0.39, 0.29) is 18.3 Å². The molecule has 13 heteroatoms. The monoisotopic (exact) mass is 667 g/mol. The highest BCUT2D eigenvalue weighted by Gasteiger charge is 2.49. The Morgan fingerprint density at radius 3 is 2.15 bits per heavy atom. The largest absolute Gasteiger partial charge is 0.497 e. The highest BCUT2D eigenvalue weighted by molar-refractivity contribution is 8.00. The summed E-state index contributed by atoms with van der Waals surface area (Å²) in [5, 5.41) is 24.4. The van der Waals surface area contributed by atoms with E-state index in [1.807, 2.05) is 0 Å². The van der Waals surface area contributed by atoms with E-state index in [0.29, 0.717) is 22.7 Å². The summed E-state index contributed by atoms with van der Waals surface area (Å²) in [4.78, 5) is 50.9. The van der Waals surface area contributed by atoms with E-state index in [1.165, 1.54) is 36.0 Å². The van der Waals surface area contributed by atoms with Crippen LogP contribution in [0.15, 0.2) is 72.8 Å². The molecule has 47 heavy (non-hydrogen) atoms. The molecule has 3 amide bonds. The third kappa shape index (κ3) is 9.01. The summed E-state index contributed by atoms with van der Waals surface area (Å²) < 4.78 is 24.4. The zero-order valence-corrected chi connectivity index (χ0v) is 27.3. The van der Waals surface area contributed by atoms with E-state index in [1.54, 1.807) is 81.3 Å². The predicted octanol–water partition coefficient (Wildman–Crippen LogP) is 3.87. The number of carboxylic acids is 1. The molecule has 4 rings (SSSR count). The number of benzene rings is 3. The van der Waals surface area contributed by atoms with E-state index in [2.05, 4.69) is 10.6 Å². The Bertz CT molecular complexity index is 1560. The minimum Gasteiger partial charge on any atom is -0.497 e. The van der Waals surface area contributed by atoms with Gasteiger partial charge in [0.2, 0.25) is 11.8 Å². The van der Waals surface area contributed by atoms with Crippen LogP contribution < -0.4 is 25.0 Å². The second-order valence-electron chi connectivity index (χ2n) is 12.0. The molecule has 1 saturated heterocycles. The van der Waals surface area contributed by atoms with Crippen LogP contribution in [0.3, 0.4) is 0 Å². The number of thioether (sulfide) groups is 1. The van der Waals surface area contributed by atoms with Crippen LogP contribution in [-0.4, -0.2) is 71.2 Å². The summed E-state index contributed by atoms with van der Waals surface area (Å²) in [6, 6.07) is 18.0. The molecule has 0 aromatic heterocycles. The molecule has 3 aromatic rings. The average Bonchev–Trinajstić information content (AvgIpc) is 3.04. The first-order chi connectivity index (χ1) is 22.3. The molecular weight excluding hydrogens is 629 g/mol. The second-order valence-corrected chi connectivity index (χ2v) is 13.2. The number of aliphatic hydroxyl groups excluding tert-OH is 1. The number of nitrogens with zero attached hydrogens (tertiary/aromatic N) is 1. The van der Waals surface area contributed by atoms with Crippen molar-refractivity contribution in [3.63, 3.8) is 0 Å². The van der Waals surface area contributed by atoms with Gasteiger partial charge in [-0.25, -0.2) is 9.18 Å². The van der Waals surface area contributed by atoms with Crippen molar-refractivity contribution < 1.29 is 43.3 Å². The van der Waals surface area contributed by atoms with Gasteiger partial charge in [0.05, 0.1) is 25.8 Å². The van der Waals surface area contributed by atoms with Gasteiger partial charge in [0, 0.05) is 11.4 Å². The molecule has 11 nitrogen and oxygen atoms in total. The number of rotatable bonds is 14. The lowest BCUT2D eigenvalue weighted by Crippen LogP contribution is -2.57. The Labute approximate surface area is 276 Å². The van der Waals surface area contributed by atoms with Crippen LogP contribution in [0.4, 0.5) is 10.1 Å². The first-order valence-electron chi connectivity index (χ1n) is 14.8. The molecule has 3 aromatic carbocycles. The molecule has 4 N–H and O–H groups in total. The van der Waals surface area contributed by atoms with Crippen molar-refractivity contribution in [2.45, 2.75) is 44.2 Å². The van der Waals surface area contributed by atoms with Gasteiger partial charge in [-0.1, -0.05) is 45.0 Å². The fourth-order valence-electron chi connectivity index (χ4n) is 4.96. The number of amides is 3. The maximum absolute atomic E-state index is 13.6. The van der Waals surface area contributed by atoms with Gasteiger partial charge in [0.25, 0.3) is 5.91 Å². The van der Waals surface area contributed by atoms with E-state index in [4.69, 9.17) is 9.47 Å². The number of β-lactam (4-membered cyclic amide) rings is 1. The number of aliphatic carboxylic acids is 1. The van der Waals surface area contributed by atoms with E-state index in [0.717, 1.165) is 5.56 Å². The Morgan fingerprint density at radius 1 is 0.957 bits per heavy atom. The normalized spacial score (nSPS) is 17.2. The molecule has 1 heterocycles. The number of methoxy groups -OCH3 is 1. The number of carbonyl (C=O) groups is 4. The molecule has 1 fully saturated rings. The quantitative estimate of drug-likeness (QED) is 0.188. The number of hydrogen-bond donors (Lipinski definition) is 4. The van der Waals surface area contributed by atoms with Crippen LogP contribution >= 0.6 is 11.8 Å². The van der Waals surface area contributed by atoms with Crippen LogP contribution in [0, 0.1) is 11.2 Å². The van der Waals surface area contributed by atoms with Crippen molar-refractivity contribution in [1.82, 2.24) is 10.6 Å². The van der Waals surface area contributed by atoms with Gasteiger partial charge in [-0.15, -0.1) is 11.8 Å². The number of hydrogen-bond acceptors (Lipinski definition) is 8. The second kappa shape index (κ2) is 15.3. The molecule has 4 atom stereocenters. The lowest BCUT2D eigenvalue weighted by atomic mass is 9.87. The minimum atomic E-state index is -1.17. The van der Waals surface area contributed by atoms with Crippen molar-refractivity contribution in [3.8, 4) is 11.5 Å². The zero-order chi connectivity index (χ0) is 34.3. The summed E-state index contributed by atoms with van der Waals surface area (Å²) in [6.45, 7) is 4.24. The third-order valence-corrected chi connectivity index (χ3v) is 8.87. The fourth-order valence-corrected chi connectivity index (χ4v) is 6.26. The van der Waals surface area contributed by atoms with Crippen LogP contribution in [0.2, 0.25) is 0 Å². The van der Waals surface area contributed by atoms with Crippen molar-refractivity contribution in [1.29, 1.82) is 0 Å². The number of nitrogens with one attached hydrogen (secondary N) is 2. The molecule has 1 aliphatic rings. The molecule has 0 aliphatic carbocycles. The molecule has 250 valence electrons. The smallest absolute Gasteiger partial charge is 0.326 e. The maximum atomic E-state index is 13.6. The van der Waals surface area contributed by atoms with Gasteiger partial charge in [0.1, 0.15) is 28.6 Å². The van der Waals surface area contributed by atoms with Gasteiger partial charge < -0.3 is 35.2 Å². The van der Waals surface area contributed by atoms with Crippen molar-refractivity contribution in [2.24, 2.45) is 5.41 Å². The Morgan fingerprint density at radius 2 is 1.57 bits per heavy atom. The molecule has 1 aliphatic heterocycles. The average molecular weight is 668 g/mol. The molecular formula is C34H38FN3O8S. The van der Waals surface area contributed by atoms with Gasteiger partial charge in [0.15, 0.2) is 6.61 Å². The number of aliphatic hydroxyl groups is 1. The number of ether oxygens (including phenoxy) is 2. The van der Waals surface area contributed by atoms with Crippen LogP contribution in [0.25, 0.3) is 0 Å². The van der Waals surface area contributed by atoms with Gasteiger partial charge in [-0.2, -0.15) is 0 Å². The lowest BCUT2D eigenvalue weighted by molar-refractivity contribution is -0.144. The summed E-state index contributed by atoms with van der Waals surface area (Å²) in [5.41, 5.74) is 1.27. The topological polar surface area (TPSA) is 154 Å². The number of halogens is 1. The van der Waals surface area contributed by atoms with Gasteiger partial charge >= 0.3 is 5.97 Å². The van der Waals surface area contributed by atoms with E-state index >= 15 is 0 Å². The van der Waals surface area contributed by atoms with Crippen molar-refractivity contribution in [2.75, 3.05) is 30.9 Å². The number of carbonyl (C=O) groups excluding carboxylic acids is 3. The van der Waals surface area contributed by atoms with Gasteiger partial charge in [-0.05, 0) is 65.1 Å². The first-order valence-corrected chi connectivity index (χ1v) is 15.9. The Balaban J connectivity index is 1.37. The SMILES string of the molecule is COc1ccc(C(O)CS[C@H]2C(=O)N(c3ccc(F)cc3)[C@@H]2c2ccc(OCC(=O)NCC(=O)N[C@@H](C(=O)O)C(C)(C)C)cc2)cc1.